The molecule has 1 N–H and O–H groups in total. The van der Waals surface area contributed by atoms with Crippen molar-refractivity contribution in [2.45, 2.75) is 87.7 Å². The average Bonchev–Trinajstić information content (AvgIpc) is 3.76. The molecule has 10 heteroatoms. The van der Waals surface area contributed by atoms with Crippen LogP contribution >= 0.6 is 0 Å². The largest absolute Gasteiger partial charge is 0.416 e. The molecule has 0 spiro atoms. The number of benzene rings is 2. The third-order valence-electron chi connectivity index (χ3n) is 9.13. The second-order valence-electron chi connectivity index (χ2n) is 12.7. The van der Waals surface area contributed by atoms with E-state index in [1.165, 1.54) is 6.92 Å². The van der Waals surface area contributed by atoms with Gasteiger partial charge in [-0.15, -0.1) is 0 Å². The zero-order valence-electron chi connectivity index (χ0n) is 25.6. The average molecular weight is 641 g/mol. The van der Waals surface area contributed by atoms with E-state index in [4.69, 9.17) is 4.98 Å². The van der Waals surface area contributed by atoms with Gasteiger partial charge in [0, 0.05) is 37.0 Å². The highest BCUT2D eigenvalue weighted by molar-refractivity contribution is 7.90. The highest BCUT2D eigenvalue weighted by Crippen LogP contribution is 2.45. The van der Waals surface area contributed by atoms with Crippen molar-refractivity contribution in [1.29, 1.82) is 0 Å². The van der Waals surface area contributed by atoms with E-state index in [0.717, 1.165) is 72.0 Å². The van der Waals surface area contributed by atoms with Crippen LogP contribution in [0.4, 0.5) is 13.2 Å². The molecule has 1 heterocycles. The Hall–Kier alpha value is -3.53. The number of nitrogens with zero attached hydrogens (tertiary/aromatic N) is 1. The number of sulfone groups is 1. The van der Waals surface area contributed by atoms with Crippen LogP contribution in [0, 0.1) is 11.8 Å². The zero-order valence-corrected chi connectivity index (χ0v) is 26.4. The summed E-state index contributed by atoms with van der Waals surface area (Å²) >= 11 is 0. The number of aryl methyl sites for hydroxylation is 1. The number of amides is 1. The van der Waals surface area contributed by atoms with E-state index in [-0.39, 0.29) is 28.4 Å². The lowest BCUT2D eigenvalue weighted by Gasteiger charge is -2.20. The van der Waals surface area contributed by atoms with Crippen molar-refractivity contribution in [2.24, 2.45) is 11.8 Å². The molecule has 0 saturated heterocycles. The van der Waals surface area contributed by atoms with Gasteiger partial charge in [0.15, 0.2) is 9.84 Å². The highest BCUT2D eigenvalue weighted by Gasteiger charge is 2.38. The standard InChI is InChI=1S/C35H39F3N2O4S/c1-22(41)6-10-26-18-27-19-29(45(2,43)44)15-16-31(27)33(26)34(42)40-21-24-9-17-32(39-20-24)30(25-11-12-25)5-3-4-23-7-13-28(14-8-23)35(36,37)38/h7-9,13-17,19-20,25-26,30,33H,3-6,10-12,18,21H2,1-2H3,(H,40,42)/t26?,30?,33-/m1/s1. The molecule has 0 aliphatic heterocycles. The van der Waals surface area contributed by atoms with Crippen molar-refractivity contribution in [3.63, 3.8) is 0 Å². The number of ketones is 1. The maximum atomic E-state index is 13.5. The summed E-state index contributed by atoms with van der Waals surface area (Å²) in [5.41, 5.74) is 3.76. The summed E-state index contributed by atoms with van der Waals surface area (Å²) in [7, 11) is -3.38. The summed E-state index contributed by atoms with van der Waals surface area (Å²) in [5.74, 6) is 0.185. The Morgan fingerprint density at radius 3 is 2.33 bits per heavy atom. The zero-order chi connectivity index (χ0) is 32.4. The first-order valence-corrected chi connectivity index (χ1v) is 17.4. The summed E-state index contributed by atoms with van der Waals surface area (Å²) in [6, 6.07) is 14.3. The summed E-state index contributed by atoms with van der Waals surface area (Å²) < 4.78 is 62.8. The Labute approximate surface area is 262 Å². The fraction of sp³-hybridized carbons (Fsp3) is 0.457. The first-order valence-electron chi connectivity index (χ1n) is 15.5. The molecule has 0 radical (unpaired) electrons. The summed E-state index contributed by atoms with van der Waals surface area (Å²) in [6.45, 7) is 1.82. The van der Waals surface area contributed by atoms with Crippen molar-refractivity contribution in [3.05, 3.63) is 94.3 Å². The Morgan fingerprint density at radius 2 is 1.73 bits per heavy atom. The number of halogens is 3. The monoisotopic (exact) mass is 640 g/mol. The van der Waals surface area contributed by atoms with Crippen LogP contribution in [0.2, 0.25) is 0 Å². The Kier molecular flexibility index (Phi) is 9.82. The number of alkyl halides is 3. The normalized spacial score (nSPS) is 18.8. The molecule has 45 heavy (non-hydrogen) atoms. The minimum absolute atomic E-state index is 0.0530. The molecule has 1 saturated carbocycles. The molecule has 6 nitrogen and oxygen atoms in total. The molecule has 2 aliphatic carbocycles. The Balaban J connectivity index is 1.19. The topological polar surface area (TPSA) is 93.2 Å². The van der Waals surface area contributed by atoms with Crippen LogP contribution in [0.1, 0.15) is 90.8 Å². The molecule has 2 unspecified atom stereocenters. The molecule has 0 bridgehead atoms. The molecule has 1 amide bonds. The third-order valence-corrected chi connectivity index (χ3v) is 10.2. The van der Waals surface area contributed by atoms with Crippen LogP contribution in [0.3, 0.4) is 0 Å². The van der Waals surface area contributed by atoms with Gasteiger partial charge in [-0.1, -0.05) is 24.3 Å². The maximum Gasteiger partial charge on any atom is 0.416 e. The van der Waals surface area contributed by atoms with Gasteiger partial charge in [0.1, 0.15) is 5.78 Å². The molecule has 3 aromatic rings. The second-order valence-corrected chi connectivity index (χ2v) is 14.7. The van der Waals surface area contributed by atoms with E-state index in [1.54, 1.807) is 36.5 Å². The molecule has 2 aliphatic rings. The Bertz CT molecular complexity index is 1630. The van der Waals surface area contributed by atoms with Crippen molar-refractivity contribution < 1.29 is 31.2 Å². The van der Waals surface area contributed by atoms with Crippen LogP contribution in [0.5, 0.6) is 0 Å². The SMILES string of the molecule is CC(=O)CCC1Cc2cc(S(C)(=O)=O)ccc2[C@@H]1C(=O)NCc1ccc(C(CCCc2ccc(C(F)(F)F)cc2)C2CC2)nc1. The summed E-state index contributed by atoms with van der Waals surface area (Å²) in [6.07, 6.45) is 4.82. The van der Waals surface area contributed by atoms with Gasteiger partial charge in [-0.2, -0.15) is 13.2 Å². The minimum Gasteiger partial charge on any atom is -0.351 e. The number of Topliss-reactive ketones (excluding diaryl/α,β-unsaturated/α-hetero) is 1. The number of carbonyl (C=O) groups is 2. The third kappa shape index (κ3) is 8.39. The second kappa shape index (κ2) is 13.4. The predicted molar refractivity (Wildman–Crippen MR) is 165 cm³/mol. The van der Waals surface area contributed by atoms with E-state index in [2.05, 4.69) is 5.32 Å². The summed E-state index contributed by atoms with van der Waals surface area (Å²) in [5, 5.41) is 3.04. The molecule has 240 valence electrons. The number of rotatable bonds is 13. The van der Waals surface area contributed by atoms with Gasteiger partial charge in [-0.05, 0) is 116 Å². The van der Waals surface area contributed by atoms with Crippen LogP contribution in [0.15, 0.2) is 65.7 Å². The highest BCUT2D eigenvalue weighted by atomic mass is 32.2. The van der Waals surface area contributed by atoms with Crippen molar-refractivity contribution >= 4 is 21.5 Å². The molecular formula is C35H39F3N2O4S. The lowest BCUT2D eigenvalue weighted by Crippen LogP contribution is -2.31. The fourth-order valence-electron chi connectivity index (χ4n) is 6.53. The smallest absolute Gasteiger partial charge is 0.351 e. The fourth-order valence-corrected chi connectivity index (χ4v) is 7.20. The van der Waals surface area contributed by atoms with E-state index in [9.17, 15) is 31.2 Å². The first-order chi connectivity index (χ1) is 21.3. The van der Waals surface area contributed by atoms with Gasteiger partial charge in [-0.25, -0.2) is 8.42 Å². The van der Waals surface area contributed by atoms with Gasteiger partial charge in [0.2, 0.25) is 5.91 Å². The van der Waals surface area contributed by atoms with Gasteiger partial charge < -0.3 is 10.1 Å². The van der Waals surface area contributed by atoms with Gasteiger partial charge >= 0.3 is 6.18 Å². The van der Waals surface area contributed by atoms with Crippen molar-refractivity contribution in [2.75, 3.05) is 6.26 Å². The molecular weight excluding hydrogens is 601 g/mol. The number of nitrogens with one attached hydrogen (secondary N) is 1. The Morgan fingerprint density at radius 1 is 1.02 bits per heavy atom. The number of hydrogen-bond acceptors (Lipinski definition) is 5. The van der Waals surface area contributed by atoms with Gasteiger partial charge in [0.05, 0.1) is 16.4 Å². The van der Waals surface area contributed by atoms with E-state index in [1.807, 2.05) is 12.1 Å². The lowest BCUT2D eigenvalue weighted by atomic mass is 9.87. The van der Waals surface area contributed by atoms with E-state index in [0.29, 0.717) is 38.1 Å². The van der Waals surface area contributed by atoms with Crippen LogP contribution in [0.25, 0.3) is 0 Å². The first kappa shape index (κ1) is 32.9. The number of carbonyl (C=O) groups excluding carboxylic acids is 2. The molecule has 1 fully saturated rings. The molecule has 1 aromatic heterocycles. The molecule has 3 atom stereocenters. The number of aromatic nitrogens is 1. The number of hydrogen-bond donors (Lipinski definition) is 1. The minimum atomic E-state index is -4.33. The van der Waals surface area contributed by atoms with E-state index < -0.39 is 27.5 Å². The van der Waals surface area contributed by atoms with Gasteiger partial charge in [0.25, 0.3) is 0 Å². The van der Waals surface area contributed by atoms with Gasteiger partial charge in [-0.3, -0.25) is 9.78 Å². The van der Waals surface area contributed by atoms with Crippen LogP contribution < -0.4 is 5.32 Å². The number of fused-ring (bicyclic) bond motifs is 1. The van der Waals surface area contributed by atoms with Crippen molar-refractivity contribution in [1.82, 2.24) is 10.3 Å². The lowest BCUT2D eigenvalue weighted by molar-refractivity contribution is -0.137. The molecule has 2 aromatic carbocycles. The predicted octanol–water partition coefficient (Wildman–Crippen LogP) is 6.96. The van der Waals surface area contributed by atoms with Crippen molar-refractivity contribution in [3.8, 4) is 0 Å². The number of pyridine rings is 1. The van der Waals surface area contributed by atoms with Crippen LogP contribution in [-0.2, 0) is 45.0 Å². The quantitative estimate of drug-likeness (QED) is 0.218. The maximum absolute atomic E-state index is 13.5. The summed E-state index contributed by atoms with van der Waals surface area (Å²) in [4.78, 5) is 30.2. The molecule has 5 rings (SSSR count). The van der Waals surface area contributed by atoms with Crippen LogP contribution in [-0.4, -0.2) is 31.3 Å². The van der Waals surface area contributed by atoms with E-state index >= 15 is 0 Å².